The third-order valence-corrected chi connectivity index (χ3v) is 11.2. The lowest BCUT2D eigenvalue weighted by molar-refractivity contribution is 0.660. The van der Waals surface area contributed by atoms with Gasteiger partial charge in [-0.25, -0.2) is 9.97 Å². The van der Waals surface area contributed by atoms with Crippen molar-refractivity contribution in [3.05, 3.63) is 206 Å². The molecule has 5 aromatic carbocycles. The van der Waals surface area contributed by atoms with Gasteiger partial charge in [-0.2, -0.15) is 0 Å². The van der Waals surface area contributed by atoms with Gasteiger partial charge in [-0.3, -0.25) is 9.97 Å². The maximum Gasteiger partial charge on any atom is 0.0725 e. The first-order valence-corrected chi connectivity index (χ1v) is 19.3. The van der Waals surface area contributed by atoms with Gasteiger partial charge in [-0.1, -0.05) is 98.8 Å². The fourth-order valence-electron chi connectivity index (χ4n) is 8.27. The number of rotatable bonds is 7. The van der Waals surface area contributed by atoms with Crippen molar-refractivity contribution in [3.63, 3.8) is 0 Å². The topological polar surface area (TPSA) is 51.6 Å². The number of hydrogen-bond donors (Lipinski definition) is 0. The van der Waals surface area contributed by atoms with E-state index in [2.05, 4.69) is 157 Å². The summed E-state index contributed by atoms with van der Waals surface area (Å²) in [6, 6.07) is 60.6. The standard InChI is InChI=1S/C53H38N4/c1-53(2)47-18-4-3-17-45(47)46-24-23-37(32-48(46)53)44-30-42(35-11-5-13-38(27-35)49-19-7-21-51(56-49)40-15-9-25-54-33-40)29-43(31-44)36-12-6-14-39(28-36)50-20-8-22-52(57-50)41-16-10-26-55-34-41/h3-34H,1-2H3. The smallest absolute Gasteiger partial charge is 0.0725 e. The molecule has 0 fully saturated rings. The molecule has 0 amide bonds. The first kappa shape index (κ1) is 34.2. The van der Waals surface area contributed by atoms with E-state index < -0.39 is 0 Å². The summed E-state index contributed by atoms with van der Waals surface area (Å²) >= 11 is 0. The van der Waals surface area contributed by atoms with Crippen molar-refractivity contribution in [1.82, 2.24) is 19.9 Å². The molecule has 0 spiro atoms. The van der Waals surface area contributed by atoms with Gasteiger partial charge in [-0.05, 0) is 141 Å². The van der Waals surface area contributed by atoms with E-state index in [1.54, 1.807) is 12.4 Å². The van der Waals surface area contributed by atoms with Crippen LogP contribution in [0.1, 0.15) is 25.0 Å². The molecule has 0 radical (unpaired) electrons. The van der Waals surface area contributed by atoms with E-state index in [1.807, 2.05) is 48.8 Å². The van der Waals surface area contributed by atoms with Crippen LogP contribution in [0.25, 0.3) is 89.5 Å². The van der Waals surface area contributed by atoms with Gasteiger partial charge < -0.3 is 0 Å². The molecule has 4 nitrogen and oxygen atoms in total. The maximum atomic E-state index is 5.06. The molecular weight excluding hydrogens is 693 g/mol. The quantitative estimate of drug-likeness (QED) is 0.164. The van der Waals surface area contributed by atoms with Crippen molar-refractivity contribution in [3.8, 4) is 89.5 Å². The van der Waals surface area contributed by atoms with Crippen LogP contribution < -0.4 is 0 Å². The second-order valence-electron chi connectivity index (χ2n) is 15.2. The maximum absolute atomic E-state index is 5.06. The molecule has 270 valence electrons. The molecule has 0 N–H and O–H groups in total. The largest absolute Gasteiger partial charge is 0.264 e. The SMILES string of the molecule is CC1(C)c2ccccc2-c2ccc(-c3cc(-c4cccc(-c5cccc(-c6cccnc6)n5)c4)cc(-c4cccc(-c5cccc(-c6cccnc6)n5)c4)c3)cc21. The van der Waals surface area contributed by atoms with Crippen molar-refractivity contribution in [2.45, 2.75) is 19.3 Å². The Morgan fingerprint density at radius 3 is 1.26 bits per heavy atom. The first-order valence-electron chi connectivity index (χ1n) is 19.3. The second kappa shape index (κ2) is 14.1. The Bertz CT molecular complexity index is 2790. The Kier molecular flexibility index (Phi) is 8.45. The summed E-state index contributed by atoms with van der Waals surface area (Å²) in [6.45, 7) is 4.68. The molecule has 0 bridgehead atoms. The van der Waals surface area contributed by atoms with Crippen LogP contribution in [-0.2, 0) is 5.41 Å². The zero-order chi connectivity index (χ0) is 38.3. The Morgan fingerprint density at radius 1 is 0.316 bits per heavy atom. The van der Waals surface area contributed by atoms with Gasteiger partial charge in [0.25, 0.3) is 0 Å². The Labute approximate surface area is 333 Å². The van der Waals surface area contributed by atoms with E-state index >= 15 is 0 Å². The van der Waals surface area contributed by atoms with Crippen LogP contribution in [0.15, 0.2) is 195 Å². The number of hydrogen-bond acceptors (Lipinski definition) is 4. The lowest BCUT2D eigenvalue weighted by atomic mass is 9.81. The van der Waals surface area contributed by atoms with E-state index in [4.69, 9.17) is 9.97 Å². The molecule has 1 aliphatic rings. The molecule has 10 rings (SSSR count). The molecule has 9 aromatic rings. The lowest BCUT2D eigenvalue weighted by Gasteiger charge is -2.22. The van der Waals surface area contributed by atoms with Crippen molar-refractivity contribution >= 4 is 0 Å². The molecule has 0 atom stereocenters. The summed E-state index contributed by atoms with van der Waals surface area (Å²) in [7, 11) is 0. The second-order valence-corrected chi connectivity index (χ2v) is 15.2. The van der Waals surface area contributed by atoms with Crippen LogP contribution in [0.3, 0.4) is 0 Å². The van der Waals surface area contributed by atoms with E-state index in [0.29, 0.717) is 0 Å². The summed E-state index contributed by atoms with van der Waals surface area (Å²) in [5.74, 6) is 0. The highest BCUT2D eigenvalue weighted by atomic mass is 14.7. The normalized spacial score (nSPS) is 12.5. The van der Waals surface area contributed by atoms with Crippen LogP contribution in [0, 0.1) is 0 Å². The summed E-state index contributed by atoms with van der Waals surface area (Å²) in [5.41, 5.74) is 19.9. The minimum absolute atomic E-state index is 0.0975. The summed E-state index contributed by atoms with van der Waals surface area (Å²) in [6.07, 6.45) is 7.29. The molecule has 4 heteroatoms. The molecule has 4 aromatic heterocycles. The molecular formula is C53H38N4. The monoisotopic (exact) mass is 730 g/mol. The van der Waals surface area contributed by atoms with E-state index in [9.17, 15) is 0 Å². The van der Waals surface area contributed by atoms with Gasteiger partial charge in [0.1, 0.15) is 0 Å². The van der Waals surface area contributed by atoms with E-state index in [1.165, 1.54) is 33.4 Å². The van der Waals surface area contributed by atoms with Crippen molar-refractivity contribution in [2.75, 3.05) is 0 Å². The minimum Gasteiger partial charge on any atom is -0.264 e. The number of benzene rings is 5. The average molecular weight is 731 g/mol. The molecule has 0 saturated carbocycles. The zero-order valence-electron chi connectivity index (χ0n) is 31.8. The number of nitrogens with zero attached hydrogens (tertiary/aromatic N) is 4. The predicted molar refractivity (Wildman–Crippen MR) is 233 cm³/mol. The summed E-state index contributed by atoms with van der Waals surface area (Å²) < 4.78 is 0. The fraction of sp³-hybridized carbons (Fsp3) is 0.0566. The van der Waals surface area contributed by atoms with Gasteiger partial charge >= 0.3 is 0 Å². The van der Waals surface area contributed by atoms with Crippen LogP contribution >= 0.6 is 0 Å². The van der Waals surface area contributed by atoms with Gasteiger partial charge in [0.15, 0.2) is 0 Å². The highest BCUT2D eigenvalue weighted by Crippen LogP contribution is 2.50. The van der Waals surface area contributed by atoms with Gasteiger partial charge in [-0.15, -0.1) is 0 Å². The van der Waals surface area contributed by atoms with Crippen LogP contribution in [0.5, 0.6) is 0 Å². The molecule has 0 unspecified atom stereocenters. The fourth-order valence-corrected chi connectivity index (χ4v) is 8.27. The van der Waals surface area contributed by atoms with Gasteiger partial charge in [0.05, 0.1) is 22.8 Å². The predicted octanol–water partition coefficient (Wildman–Crippen LogP) is 13.2. The molecule has 0 aliphatic heterocycles. The van der Waals surface area contributed by atoms with Gasteiger partial charge in [0.2, 0.25) is 0 Å². The zero-order valence-corrected chi connectivity index (χ0v) is 31.8. The lowest BCUT2D eigenvalue weighted by Crippen LogP contribution is -2.14. The number of fused-ring (bicyclic) bond motifs is 3. The van der Waals surface area contributed by atoms with Crippen LogP contribution in [-0.4, -0.2) is 19.9 Å². The highest BCUT2D eigenvalue weighted by molar-refractivity contribution is 5.87. The van der Waals surface area contributed by atoms with Crippen molar-refractivity contribution in [2.24, 2.45) is 0 Å². The molecule has 0 saturated heterocycles. The third-order valence-electron chi connectivity index (χ3n) is 11.2. The average Bonchev–Trinajstić information content (AvgIpc) is 3.52. The highest BCUT2D eigenvalue weighted by Gasteiger charge is 2.35. The first-order chi connectivity index (χ1) is 28.0. The third kappa shape index (κ3) is 6.41. The molecule has 1 aliphatic carbocycles. The van der Waals surface area contributed by atoms with Gasteiger partial charge in [0, 0.05) is 52.5 Å². The molecule has 4 heterocycles. The minimum atomic E-state index is -0.0975. The molecule has 57 heavy (non-hydrogen) atoms. The summed E-state index contributed by atoms with van der Waals surface area (Å²) in [4.78, 5) is 18.7. The Hall–Kier alpha value is -7.30. The summed E-state index contributed by atoms with van der Waals surface area (Å²) in [5, 5.41) is 0. The van der Waals surface area contributed by atoms with Crippen molar-refractivity contribution < 1.29 is 0 Å². The number of aromatic nitrogens is 4. The van der Waals surface area contributed by atoms with Crippen molar-refractivity contribution in [1.29, 1.82) is 0 Å². The Balaban J connectivity index is 1.10. The number of pyridine rings is 4. The van der Waals surface area contributed by atoms with E-state index in [0.717, 1.165) is 67.3 Å². The van der Waals surface area contributed by atoms with Crippen LogP contribution in [0.2, 0.25) is 0 Å². The van der Waals surface area contributed by atoms with Crippen LogP contribution in [0.4, 0.5) is 0 Å². The Morgan fingerprint density at radius 2 is 0.737 bits per heavy atom. The van der Waals surface area contributed by atoms with E-state index in [-0.39, 0.29) is 5.41 Å².